The van der Waals surface area contributed by atoms with E-state index in [4.69, 9.17) is 0 Å². The number of nitrogens with zero attached hydrogens (tertiary/aromatic N) is 1. The molecule has 2 aliphatic rings. The van der Waals surface area contributed by atoms with E-state index in [0.29, 0.717) is 30.7 Å². The average molecular weight is 266 g/mol. The largest absolute Gasteiger partial charge is 0.352 e. The first-order valence-corrected chi connectivity index (χ1v) is 7.62. The predicted octanol–water partition coefficient (Wildman–Crippen LogP) is 1.88. The van der Waals surface area contributed by atoms with E-state index in [2.05, 4.69) is 10.2 Å². The third-order valence-corrected chi connectivity index (χ3v) is 4.78. The minimum Gasteiger partial charge on any atom is -0.352 e. The molecule has 1 amide bonds. The number of carbonyl (C=O) groups is 2. The van der Waals surface area contributed by atoms with Crippen LogP contribution in [0.5, 0.6) is 0 Å². The molecule has 0 aromatic carbocycles. The molecule has 2 aliphatic carbocycles. The summed E-state index contributed by atoms with van der Waals surface area (Å²) in [5.41, 5.74) is 0. The topological polar surface area (TPSA) is 49.4 Å². The van der Waals surface area contributed by atoms with E-state index >= 15 is 0 Å². The molecule has 0 heterocycles. The van der Waals surface area contributed by atoms with Crippen molar-refractivity contribution >= 4 is 11.7 Å². The summed E-state index contributed by atoms with van der Waals surface area (Å²) < 4.78 is 0. The van der Waals surface area contributed by atoms with Crippen molar-refractivity contribution in [3.05, 3.63) is 0 Å². The van der Waals surface area contributed by atoms with Gasteiger partial charge in [0.15, 0.2) is 0 Å². The van der Waals surface area contributed by atoms with Crippen LogP contribution in [0.1, 0.15) is 58.3 Å². The highest BCUT2D eigenvalue weighted by atomic mass is 16.2. The Bertz CT molecular complexity index is 327. The molecule has 0 spiro atoms. The Kier molecular flexibility index (Phi) is 4.97. The molecule has 2 fully saturated rings. The number of carbonyl (C=O) groups excluding carboxylic acids is 2. The van der Waals surface area contributed by atoms with Crippen LogP contribution in [-0.4, -0.2) is 41.8 Å². The number of likely N-dealkylation sites (N-methyl/N-ethyl adjacent to an activating group) is 1. The number of hydrogen-bond acceptors (Lipinski definition) is 3. The molecule has 0 bridgehead atoms. The molecule has 0 radical (unpaired) electrons. The highest BCUT2D eigenvalue weighted by molar-refractivity contribution is 5.82. The van der Waals surface area contributed by atoms with Crippen LogP contribution in [0.2, 0.25) is 0 Å². The Morgan fingerprint density at radius 1 is 1.21 bits per heavy atom. The molecule has 4 heteroatoms. The molecule has 0 saturated heterocycles. The fourth-order valence-corrected chi connectivity index (χ4v) is 3.22. The second-order valence-electron chi connectivity index (χ2n) is 6.10. The molecule has 2 rings (SSSR count). The quantitative estimate of drug-likeness (QED) is 0.845. The van der Waals surface area contributed by atoms with Crippen molar-refractivity contribution in [2.75, 3.05) is 7.05 Å². The van der Waals surface area contributed by atoms with Crippen LogP contribution >= 0.6 is 0 Å². The minimum atomic E-state index is -0.0983. The number of rotatable bonds is 4. The van der Waals surface area contributed by atoms with Crippen LogP contribution < -0.4 is 5.32 Å². The van der Waals surface area contributed by atoms with Crippen LogP contribution in [0.4, 0.5) is 0 Å². The molecule has 108 valence electrons. The lowest BCUT2D eigenvalue weighted by atomic mass is 9.92. The van der Waals surface area contributed by atoms with Crippen LogP contribution in [0, 0.1) is 0 Å². The van der Waals surface area contributed by atoms with Crippen molar-refractivity contribution in [1.29, 1.82) is 0 Å². The lowest BCUT2D eigenvalue weighted by Crippen LogP contribution is -2.50. The third kappa shape index (κ3) is 3.78. The van der Waals surface area contributed by atoms with Crippen LogP contribution in [0.3, 0.4) is 0 Å². The maximum Gasteiger partial charge on any atom is 0.237 e. The van der Waals surface area contributed by atoms with E-state index in [1.165, 1.54) is 12.8 Å². The summed E-state index contributed by atoms with van der Waals surface area (Å²) in [5.74, 6) is 0.513. The maximum atomic E-state index is 12.2. The fraction of sp³-hybridized carbons (Fsp3) is 0.867. The first kappa shape index (κ1) is 14.5. The van der Waals surface area contributed by atoms with Gasteiger partial charge in [-0.3, -0.25) is 14.5 Å². The van der Waals surface area contributed by atoms with Crippen molar-refractivity contribution in [2.24, 2.45) is 0 Å². The first-order chi connectivity index (χ1) is 9.08. The van der Waals surface area contributed by atoms with Gasteiger partial charge < -0.3 is 5.32 Å². The van der Waals surface area contributed by atoms with Gasteiger partial charge in [-0.05, 0) is 39.7 Å². The lowest BCUT2D eigenvalue weighted by molar-refractivity contribution is -0.127. The SMILES string of the molecule is CC(C(=O)NC1CCCC1)N(C)C1CCC(=O)CC1. The highest BCUT2D eigenvalue weighted by Gasteiger charge is 2.29. The summed E-state index contributed by atoms with van der Waals surface area (Å²) >= 11 is 0. The normalized spacial score (nSPS) is 23.8. The first-order valence-electron chi connectivity index (χ1n) is 7.62. The van der Waals surface area contributed by atoms with Crippen molar-refractivity contribution in [2.45, 2.75) is 76.4 Å². The van der Waals surface area contributed by atoms with E-state index in [9.17, 15) is 9.59 Å². The molecule has 0 aromatic heterocycles. The summed E-state index contributed by atoms with van der Waals surface area (Å²) in [5, 5.41) is 3.16. The van der Waals surface area contributed by atoms with Crippen molar-refractivity contribution in [3.63, 3.8) is 0 Å². The van der Waals surface area contributed by atoms with Gasteiger partial charge in [0.2, 0.25) is 5.91 Å². The summed E-state index contributed by atoms with van der Waals surface area (Å²) in [6.45, 7) is 1.97. The van der Waals surface area contributed by atoms with Gasteiger partial charge in [-0.1, -0.05) is 12.8 Å². The molecule has 1 N–H and O–H groups in total. The lowest BCUT2D eigenvalue weighted by Gasteiger charge is -2.34. The van der Waals surface area contributed by atoms with E-state index in [1.54, 1.807) is 0 Å². The molecule has 19 heavy (non-hydrogen) atoms. The fourth-order valence-electron chi connectivity index (χ4n) is 3.22. The van der Waals surface area contributed by atoms with Gasteiger partial charge in [-0.15, -0.1) is 0 Å². The summed E-state index contributed by atoms with van der Waals surface area (Å²) in [6, 6.07) is 0.664. The number of Topliss-reactive ketones (excluding diaryl/α,β-unsaturated/α-hetero) is 1. The second kappa shape index (κ2) is 6.51. The van der Waals surface area contributed by atoms with Crippen molar-refractivity contribution in [1.82, 2.24) is 10.2 Å². The molecule has 4 nitrogen and oxygen atoms in total. The Balaban J connectivity index is 1.81. The Morgan fingerprint density at radius 2 is 1.79 bits per heavy atom. The standard InChI is InChI=1S/C15H26N2O2/c1-11(15(19)16-12-5-3-4-6-12)17(2)13-7-9-14(18)10-8-13/h11-13H,3-10H2,1-2H3,(H,16,19). The molecule has 0 aliphatic heterocycles. The number of amides is 1. The van der Waals surface area contributed by atoms with Crippen molar-refractivity contribution < 1.29 is 9.59 Å². The van der Waals surface area contributed by atoms with Gasteiger partial charge in [-0.2, -0.15) is 0 Å². The third-order valence-electron chi connectivity index (χ3n) is 4.78. The zero-order valence-corrected chi connectivity index (χ0v) is 12.2. The monoisotopic (exact) mass is 266 g/mol. The van der Waals surface area contributed by atoms with Gasteiger partial charge in [0.1, 0.15) is 5.78 Å². The summed E-state index contributed by atoms with van der Waals surface area (Å²) in [7, 11) is 2.01. The zero-order valence-electron chi connectivity index (χ0n) is 12.2. The molecule has 1 unspecified atom stereocenters. The van der Waals surface area contributed by atoms with E-state index in [1.807, 2.05) is 14.0 Å². The number of nitrogens with one attached hydrogen (secondary N) is 1. The van der Waals surface area contributed by atoms with Crippen molar-refractivity contribution in [3.8, 4) is 0 Å². The molecular formula is C15H26N2O2. The van der Waals surface area contributed by atoms with Gasteiger partial charge in [0.25, 0.3) is 0 Å². The zero-order chi connectivity index (χ0) is 13.8. The smallest absolute Gasteiger partial charge is 0.237 e. The van der Waals surface area contributed by atoms with Gasteiger partial charge >= 0.3 is 0 Å². The van der Waals surface area contributed by atoms with Gasteiger partial charge in [-0.25, -0.2) is 0 Å². The average Bonchev–Trinajstić information content (AvgIpc) is 2.90. The van der Waals surface area contributed by atoms with Gasteiger partial charge in [0, 0.05) is 24.9 Å². The molecule has 2 saturated carbocycles. The van der Waals surface area contributed by atoms with E-state index in [0.717, 1.165) is 25.7 Å². The second-order valence-corrected chi connectivity index (χ2v) is 6.10. The molecule has 1 atom stereocenters. The Hall–Kier alpha value is -0.900. The predicted molar refractivity (Wildman–Crippen MR) is 74.9 cm³/mol. The number of ketones is 1. The van der Waals surface area contributed by atoms with Crippen LogP contribution in [-0.2, 0) is 9.59 Å². The molecular weight excluding hydrogens is 240 g/mol. The Labute approximate surface area is 115 Å². The molecule has 0 aromatic rings. The van der Waals surface area contributed by atoms with E-state index in [-0.39, 0.29) is 11.9 Å². The van der Waals surface area contributed by atoms with Crippen LogP contribution in [0.15, 0.2) is 0 Å². The Morgan fingerprint density at radius 3 is 2.37 bits per heavy atom. The van der Waals surface area contributed by atoms with Crippen LogP contribution in [0.25, 0.3) is 0 Å². The maximum absolute atomic E-state index is 12.2. The number of hydrogen-bond donors (Lipinski definition) is 1. The van der Waals surface area contributed by atoms with Gasteiger partial charge in [0.05, 0.1) is 6.04 Å². The summed E-state index contributed by atoms with van der Waals surface area (Å²) in [6.07, 6.45) is 7.87. The highest BCUT2D eigenvalue weighted by Crippen LogP contribution is 2.22. The summed E-state index contributed by atoms with van der Waals surface area (Å²) in [4.78, 5) is 25.6. The van der Waals surface area contributed by atoms with E-state index < -0.39 is 0 Å². The minimum absolute atomic E-state index is 0.0983.